The molecule has 0 bridgehead atoms. The van der Waals surface area contributed by atoms with E-state index >= 15 is 0 Å². The zero-order chi connectivity index (χ0) is 15.6. The minimum absolute atomic E-state index is 0.00289. The second-order valence-electron chi connectivity index (χ2n) is 4.70. The van der Waals surface area contributed by atoms with Gasteiger partial charge in [-0.15, -0.1) is 0 Å². The van der Waals surface area contributed by atoms with Crippen LogP contribution in [0.15, 0.2) is 12.1 Å². The first-order valence-electron chi connectivity index (χ1n) is 6.14. The molecule has 1 aromatic rings. The Labute approximate surface area is 120 Å². The number of nitrogens with one attached hydrogen (secondary N) is 1. The van der Waals surface area contributed by atoms with Gasteiger partial charge >= 0.3 is 11.7 Å². The molecular weight excluding hydrogens is 302 g/mol. The van der Waals surface area contributed by atoms with E-state index in [0.29, 0.717) is 12.8 Å². The molecular formula is C11H13N3O6S. The highest BCUT2D eigenvalue weighted by atomic mass is 32.2. The highest BCUT2D eigenvalue weighted by molar-refractivity contribution is 7.91. The van der Waals surface area contributed by atoms with Crippen LogP contribution in [0.1, 0.15) is 23.3 Å². The molecule has 2 rings (SSSR count). The molecule has 9 nitrogen and oxygen atoms in total. The van der Waals surface area contributed by atoms with E-state index in [1.54, 1.807) is 0 Å². The van der Waals surface area contributed by atoms with E-state index in [0.717, 1.165) is 12.1 Å². The van der Waals surface area contributed by atoms with Crippen molar-refractivity contribution in [2.24, 2.45) is 0 Å². The summed E-state index contributed by atoms with van der Waals surface area (Å²) < 4.78 is 22.7. The molecule has 2 heterocycles. The third-order valence-corrected chi connectivity index (χ3v) is 4.90. The summed E-state index contributed by atoms with van der Waals surface area (Å²) in [7, 11) is -3.04. The van der Waals surface area contributed by atoms with Crippen LogP contribution in [0.4, 0.5) is 11.5 Å². The monoisotopic (exact) mass is 315 g/mol. The normalized spacial score (nSPS) is 18.1. The number of hydrogen-bond acceptors (Lipinski definition) is 7. The summed E-state index contributed by atoms with van der Waals surface area (Å²) in [5, 5.41) is 22.6. The fourth-order valence-corrected chi connectivity index (χ4v) is 3.54. The van der Waals surface area contributed by atoms with Crippen molar-refractivity contribution in [1.82, 2.24) is 4.98 Å². The molecule has 10 heteroatoms. The Hall–Kier alpha value is -2.23. The molecule has 0 aliphatic carbocycles. The van der Waals surface area contributed by atoms with Gasteiger partial charge in [0.25, 0.3) is 0 Å². The molecule has 0 radical (unpaired) electrons. The van der Waals surface area contributed by atoms with Crippen molar-refractivity contribution in [1.29, 1.82) is 0 Å². The number of aromatic nitrogens is 1. The highest BCUT2D eigenvalue weighted by Crippen LogP contribution is 2.25. The predicted octanol–water partition coefficient (Wildman–Crippen LogP) is 0.677. The first-order valence-corrected chi connectivity index (χ1v) is 7.96. The van der Waals surface area contributed by atoms with E-state index in [1.807, 2.05) is 0 Å². The molecule has 0 saturated carbocycles. The Bertz CT molecular complexity index is 673. The van der Waals surface area contributed by atoms with Gasteiger partial charge in [-0.2, -0.15) is 0 Å². The number of carbonyl (C=O) groups is 1. The number of carboxylic acid groups (broad SMARTS) is 1. The van der Waals surface area contributed by atoms with Gasteiger partial charge in [-0.1, -0.05) is 0 Å². The minimum Gasteiger partial charge on any atom is -0.477 e. The van der Waals surface area contributed by atoms with Gasteiger partial charge in [0.2, 0.25) is 5.82 Å². The molecule has 0 spiro atoms. The van der Waals surface area contributed by atoms with Crippen LogP contribution in [0.25, 0.3) is 0 Å². The standard InChI is InChI=1S/C11H13N3O6S/c15-11(16)8-1-2-9(14(17)18)10(13-8)12-7-3-5-21(19,20)6-4-7/h1-2,7H,3-6H2,(H,12,13)(H,15,16). The van der Waals surface area contributed by atoms with Crippen molar-refractivity contribution in [3.63, 3.8) is 0 Å². The Morgan fingerprint density at radius 3 is 2.52 bits per heavy atom. The summed E-state index contributed by atoms with van der Waals surface area (Å²) in [5.74, 6) is -1.45. The summed E-state index contributed by atoms with van der Waals surface area (Å²) in [4.78, 5) is 24.9. The molecule has 1 aliphatic heterocycles. The van der Waals surface area contributed by atoms with Gasteiger partial charge < -0.3 is 10.4 Å². The number of hydrogen-bond donors (Lipinski definition) is 2. The van der Waals surface area contributed by atoms with Gasteiger partial charge in [-0.25, -0.2) is 18.2 Å². The Balaban J connectivity index is 2.23. The second kappa shape index (κ2) is 5.64. The van der Waals surface area contributed by atoms with Crippen molar-refractivity contribution in [3.05, 3.63) is 27.9 Å². The number of rotatable bonds is 4. The topological polar surface area (TPSA) is 140 Å². The summed E-state index contributed by atoms with van der Waals surface area (Å²) in [6.45, 7) is 0. The van der Waals surface area contributed by atoms with Crippen LogP contribution < -0.4 is 5.32 Å². The van der Waals surface area contributed by atoms with Gasteiger partial charge in [0.1, 0.15) is 9.84 Å². The Morgan fingerprint density at radius 2 is 2.00 bits per heavy atom. The molecule has 1 aliphatic rings. The number of nitro groups is 1. The zero-order valence-electron chi connectivity index (χ0n) is 10.9. The summed E-state index contributed by atoms with van der Waals surface area (Å²) >= 11 is 0. The third kappa shape index (κ3) is 3.66. The zero-order valence-corrected chi connectivity index (χ0v) is 11.7. The molecule has 0 amide bonds. The maximum atomic E-state index is 11.3. The molecule has 1 aromatic heterocycles. The van der Waals surface area contributed by atoms with E-state index in [9.17, 15) is 23.3 Å². The van der Waals surface area contributed by atoms with Gasteiger partial charge in [0.15, 0.2) is 5.69 Å². The molecule has 0 unspecified atom stereocenters. The lowest BCUT2D eigenvalue weighted by atomic mass is 10.1. The van der Waals surface area contributed by atoms with Crippen molar-refractivity contribution in [2.75, 3.05) is 16.8 Å². The summed E-state index contributed by atoms with van der Waals surface area (Å²) in [6, 6.07) is 1.83. The van der Waals surface area contributed by atoms with Crippen LogP contribution in [0, 0.1) is 10.1 Å². The van der Waals surface area contributed by atoms with Crippen molar-refractivity contribution in [2.45, 2.75) is 18.9 Å². The van der Waals surface area contributed by atoms with Crippen LogP contribution in [0.3, 0.4) is 0 Å². The van der Waals surface area contributed by atoms with E-state index < -0.39 is 20.7 Å². The van der Waals surface area contributed by atoms with Gasteiger partial charge in [-0.3, -0.25) is 10.1 Å². The van der Waals surface area contributed by atoms with Crippen molar-refractivity contribution >= 4 is 27.3 Å². The average molecular weight is 315 g/mol. The molecule has 21 heavy (non-hydrogen) atoms. The predicted molar refractivity (Wildman–Crippen MR) is 73.1 cm³/mol. The van der Waals surface area contributed by atoms with Crippen molar-refractivity contribution in [3.8, 4) is 0 Å². The summed E-state index contributed by atoms with van der Waals surface area (Å²) in [5.41, 5.74) is -0.653. The summed E-state index contributed by atoms with van der Waals surface area (Å²) in [6.07, 6.45) is 0.608. The fourth-order valence-electron chi connectivity index (χ4n) is 2.05. The van der Waals surface area contributed by atoms with Crippen LogP contribution in [0.5, 0.6) is 0 Å². The average Bonchev–Trinajstić information content (AvgIpc) is 2.40. The second-order valence-corrected chi connectivity index (χ2v) is 7.00. The van der Waals surface area contributed by atoms with Crippen LogP contribution in [-0.2, 0) is 9.84 Å². The van der Waals surface area contributed by atoms with Crippen LogP contribution >= 0.6 is 0 Å². The minimum atomic E-state index is -3.04. The molecule has 0 atom stereocenters. The quantitative estimate of drug-likeness (QED) is 0.610. The Kier molecular flexibility index (Phi) is 4.07. The van der Waals surface area contributed by atoms with E-state index in [-0.39, 0.29) is 34.7 Å². The maximum absolute atomic E-state index is 11.3. The molecule has 1 saturated heterocycles. The number of aromatic carboxylic acids is 1. The fraction of sp³-hybridized carbons (Fsp3) is 0.455. The first kappa shape index (κ1) is 15.2. The highest BCUT2D eigenvalue weighted by Gasteiger charge is 2.26. The van der Waals surface area contributed by atoms with Gasteiger partial charge in [0, 0.05) is 12.1 Å². The number of sulfone groups is 1. The SMILES string of the molecule is O=C(O)c1ccc([N+](=O)[O-])c(NC2CCS(=O)(=O)CC2)n1. The number of anilines is 1. The molecule has 1 fully saturated rings. The smallest absolute Gasteiger partial charge is 0.354 e. The number of carboxylic acids is 1. The van der Waals surface area contributed by atoms with Crippen LogP contribution in [-0.4, -0.2) is 46.9 Å². The molecule has 114 valence electrons. The molecule has 2 N–H and O–H groups in total. The first-order chi connectivity index (χ1) is 9.78. The van der Waals surface area contributed by atoms with Gasteiger partial charge in [-0.05, 0) is 18.9 Å². The van der Waals surface area contributed by atoms with E-state index in [1.165, 1.54) is 0 Å². The third-order valence-electron chi connectivity index (χ3n) is 3.19. The lowest BCUT2D eigenvalue weighted by Gasteiger charge is -2.23. The van der Waals surface area contributed by atoms with Gasteiger partial charge in [0.05, 0.1) is 16.4 Å². The lowest BCUT2D eigenvalue weighted by Crippen LogP contribution is -2.32. The van der Waals surface area contributed by atoms with Crippen molar-refractivity contribution < 1.29 is 23.2 Å². The van der Waals surface area contributed by atoms with E-state index in [2.05, 4.69) is 10.3 Å². The number of nitrogens with zero attached hydrogens (tertiary/aromatic N) is 2. The number of pyridine rings is 1. The maximum Gasteiger partial charge on any atom is 0.354 e. The largest absolute Gasteiger partial charge is 0.477 e. The Morgan fingerprint density at radius 1 is 1.38 bits per heavy atom. The van der Waals surface area contributed by atoms with Crippen LogP contribution in [0.2, 0.25) is 0 Å². The van der Waals surface area contributed by atoms with E-state index in [4.69, 9.17) is 5.11 Å². The lowest BCUT2D eigenvalue weighted by molar-refractivity contribution is -0.384. The molecule has 0 aromatic carbocycles.